The maximum absolute atomic E-state index is 11.8. The number of aromatic carboxylic acids is 1. The molecule has 0 amide bonds. The van der Waals surface area contributed by atoms with Crippen molar-refractivity contribution in [3.63, 3.8) is 0 Å². The quantitative estimate of drug-likeness (QED) is 0.826. The number of rotatable bonds is 4. The summed E-state index contributed by atoms with van der Waals surface area (Å²) in [5.41, 5.74) is 7.47. The van der Waals surface area contributed by atoms with Crippen LogP contribution in [-0.2, 0) is 11.2 Å². The van der Waals surface area contributed by atoms with Gasteiger partial charge in [0.15, 0.2) is 0 Å². The number of methoxy groups -OCH3 is 1. The lowest BCUT2D eigenvalue weighted by molar-refractivity contribution is 0.0600. The highest BCUT2D eigenvalue weighted by molar-refractivity contribution is 5.96. The first-order chi connectivity index (χ1) is 9.99. The fraction of sp³-hybridized carbons (Fsp3) is 0.214. The second kappa shape index (κ2) is 5.66. The third kappa shape index (κ3) is 2.58. The lowest BCUT2D eigenvalue weighted by Crippen LogP contribution is -2.08. The van der Waals surface area contributed by atoms with Crippen molar-refractivity contribution >= 4 is 17.8 Å². The molecule has 7 heteroatoms. The van der Waals surface area contributed by atoms with E-state index in [0.717, 1.165) is 0 Å². The van der Waals surface area contributed by atoms with Gasteiger partial charge in [-0.2, -0.15) is 5.10 Å². The van der Waals surface area contributed by atoms with Gasteiger partial charge in [-0.05, 0) is 30.7 Å². The zero-order valence-corrected chi connectivity index (χ0v) is 11.7. The van der Waals surface area contributed by atoms with Gasteiger partial charge in [0, 0.05) is 0 Å². The number of ether oxygens (including phenoxy) is 1. The zero-order valence-electron chi connectivity index (χ0n) is 11.7. The van der Waals surface area contributed by atoms with Crippen LogP contribution in [0, 0.1) is 0 Å². The number of aromatic nitrogens is 2. The number of anilines is 1. The van der Waals surface area contributed by atoms with Crippen LogP contribution in [0.15, 0.2) is 24.3 Å². The van der Waals surface area contributed by atoms with E-state index in [1.165, 1.54) is 23.9 Å². The molecule has 0 fully saturated rings. The third-order valence-corrected chi connectivity index (χ3v) is 3.08. The second-order valence-electron chi connectivity index (χ2n) is 4.32. The lowest BCUT2D eigenvalue weighted by atomic mass is 10.2. The molecule has 1 heterocycles. The fourth-order valence-corrected chi connectivity index (χ4v) is 1.99. The minimum Gasteiger partial charge on any atom is -0.478 e. The normalized spacial score (nSPS) is 10.4. The summed E-state index contributed by atoms with van der Waals surface area (Å²) >= 11 is 0. The molecule has 0 aliphatic rings. The molecule has 7 nitrogen and oxygen atoms in total. The molecule has 0 unspecified atom stereocenters. The summed E-state index contributed by atoms with van der Waals surface area (Å²) in [6.07, 6.45) is 0.523. The molecular weight excluding hydrogens is 274 g/mol. The first-order valence-corrected chi connectivity index (χ1v) is 6.29. The molecule has 0 aliphatic carbocycles. The van der Waals surface area contributed by atoms with Gasteiger partial charge in [-0.15, -0.1) is 0 Å². The Morgan fingerprint density at radius 1 is 1.33 bits per heavy atom. The first kappa shape index (κ1) is 14.6. The van der Waals surface area contributed by atoms with Crippen LogP contribution in [0.4, 0.5) is 5.82 Å². The summed E-state index contributed by atoms with van der Waals surface area (Å²) < 4.78 is 6.11. The average molecular weight is 289 g/mol. The van der Waals surface area contributed by atoms with Crippen LogP contribution in [0.25, 0.3) is 5.69 Å². The fourth-order valence-electron chi connectivity index (χ4n) is 1.99. The van der Waals surface area contributed by atoms with Gasteiger partial charge in [0.25, 0.3) is 0 Å². The number of hydrogen-bond acceptors (Lipinski definition) is 5. The van der Waals surface area contributed by atoms with Gasteiger partial charge in [0.05, 0.1) is 24.1 Å². The molecule has 0 saturated heterocycles. The number of carbonyl (C=O) groups is 2. The van der Waals surface area contributed by atoms with Crippen LogP contribution >= 0.6 is 0 Å². The van der Waals surface area contributed by atoms with Crippen molar-refractivity contribution in [1.82, 2.24) is 9.78 Å². The molecule has 0 atom stereocenters. The summed E-state index contributed by atoms with van der Waals surface area (Å²) in [6.45, 7) is 1.85. The van der Waals surface area contributed by atoms with E-state index < -0.39 is 11.9 Å². The van der Waals surface area contributed by atoms with E-state index in [1.807, 2.05) is 6.92 Å². The van der Waals surface area contributed by atoms with Crippen LogP contribution in [0.5, 0.6) is 0 Å². The smallest absolute Gasteiger partial charge is 0.343 e. The van der Waals surface area contributed by atoms with E-state index in [4.69, 9.17) is 15.6 Å². The summed E-state index contributed by atoms with van der Waals surface area (Å²) in [5.74, 6) is -1.39. The molecule has 110 valence electrons. The molecule has 0 radical (unpaired) electrons. The van der Waals surface area contributed by atoms with Gasteiger partial charge < -0.3 is 15.6 Å². The molecule has 21 heavy (non-hydrogen) atoms. The predicted molar refractivity (Wildman–Crippen MR) is 75.7 cm³/mol. The summed E-state index contributed by atoms with van der Waals surface area (Å²) in [5, 5.41) is 13.2. The van der Waals surface area contributed by atoms with Crippen LogP contribution in [0.2, 0.25) is 0 Å². The third-order valence-electron chi connectivity index (χ3n) is 3.08. The van der Waals surface area contributed by atoms with E-state index in [0.29, 0.717) is 17.8 Å². The van der Waals surface area contributed by atoms with E-state index in [-0.39, 0.29) is 16.9 Å². The second-order valence-corrected chi connectivity index (χ2v) is 4.32. The molecule has 0 aliphatic heterocycles. The minimum absolute atomic E-state index is 0.161. The number of carbonyl (C=O) groups excluding carboxylic acids is 1. The maximum atomic E-state index is 11.8. The standard InChI is InChI=1S/C14H15N3O4/c1-3-10-11(14(20)21-2)12(15)17(16-10)9-6-4-8(5-7-9)13(18)19/h4-7H,3,15H2,1-2H3,(H,18,19). The number of carboxylic acids is 1. The SMILES string of the molecule is CCc1nn(-c2ccc(C(=O)O)cc2)c(N)c1C(=O)OC. The molecular formula is C14H15N3O4. The average Bonchev–Trinajstić information content (AvgIpc) is 2.83. The summed E-state index contributed by atoms with van der Waals surface area (Å²) in [4.78, 5) is 22.6. The zero-order chi connectivity index (χ0) is 15.6. The van der Waals surface area contributed by atoms with Gasteiger partial charge in [0.1, 0.15) is 11.4 Å². The Balaban J connectivity index is 2.51. The van der Waals surface area contributed by atoms with Crippen molar-refractivity contribution in [2.24, 2.45) is 0 Å². The van der Waals surface area contributed by atoms with Crippen LogP contribution < -0.4 is 5.73 Å². The van der Waals surface area contributed by atoms with Crippen molar-refractivity contribution < 1.29 is 19.4 Å². The molecule has 3 N–H and O–H groups in total. The molecule has 1 aromatic carbocycles. The van der Waals surface area contributed by atoms with Crippen molar-refractivity contribution in [2.45, 2.75) is 13.3 Å². The monoisotopic (exact) mass is 289 g/mol. The Labute approximate surface area is 120 Å². The Morgan fingerprint density at radius 3 is 2.43 bits per heavy atom. The van der Waals surface area contributed by atoms with Gasteiger partial charge in [-0.3, -0.25) is 0 Å². The van der Waals surface area contributed by atoms with Gasteiger partial charge >= 0.3 is 11.9 Å². The molecule has 1 aromatic heterocycles. The number of nitrogens with zero attached hydrogens (tertiary/aromatic N) is 2. The number of nitrogen functional groups attached to an aromatic ring is 1. The van der Waals surface area contributed by atoms with Crippen molar-refractivity contribution in [3.8, 4) is 5.69 Å². The Hall–Kier alpha value is -2.83. The summed E-state index contributed by atoms with van der Waals surface area (Å²) in [7, 11) is 1.28. The first-order valence-electron chi connectivity index (χ1n) is 6.29. The topological polar surface area (TPSA) is 107 Å². The highest BCUT2D eigenvalue weighted by Crippen LogP contribution is 2.22. The number of aryl methyl sites for hydroxylation is 1. The molecule has 0 saturated carbocycles. The van der Waals surface area contributed by atoms with E-state index in [9.17, 15) is 9.59 Å². The number of carboxylic acid groups (broad SMARTS) is 1. The molecule has 2 aromatic rings. The van der Waals surface area contributed by atoms with E-state index in [2.05, 4.69) is 5.10 Å². The van der Waals surface area contributed by atoms with Crippen molar-refractivity contribution in [2.75, 3.05) is 12.8 Å². The molecule has 0 spiro atoms. The van der Waals surface area contributed by atoms with Crippen LogP contribution in [-0.4, -0.2) is 33.9 Å². The summed E-state index contributed by atoms with van der Waals surface area (Å²) in [6, 6.07) is 6.05. The minimum atomic E-state index is -1.01. The van der Waals surface area contributed by atoms with E-state index in [1.54, 1.807) is 12.1 Å². The molecule has 2 rings (SSSR count). The van der Waals surface area contributed by atoms with Gasteiger partial charge in [0.2, 0.25) is 0 Å². The maximum Gasteiger partial charge on any atom is 0.343 e. The van der Waals surface area contributed by atoms with Crippen LogP contribution in [0.3, 0.4) is 0 Å². The van der Waals surface area contributed by atoms with Gasteiger partial charge in [-0.25, -0.2) is 14.3 Å². The highest BCUT2D eigenvalue weighted by atomic mass is 16.5. The number of benzene rings is 1. The number of esters is 1. The predicted octanol–water partition coefficient (Wildman–Crippen LogP) is 1.50. The van der Waals surface area contributed by atoms with E-state index >= 15 is 0 Å². The Kier molecular flexibility index (Phi) is 3.93. The largest absolute Gasteiger partial charge is 0.478 e. The lowest BCUT2D eigenvalue weighted by Gasteiger charge is -2.05. The van der Waals surface area contributed by atoms with Gasteiger partial charge in [-0.1, -0.05) is 6.92 Å². The van der Waals surface area contributed by atoms with Crippen LogP contribution in [0.1, 0.15) is 33.3 Å². The van der Waals surface area contributed by atoms with Crippen molar-refractivity contribution in [1.29, 1.82) is 0 Å². The number of nitrogens with two attached hydrogens (primary N) is 1. The molecule has 0 bridgehead atoms. The number of hydrogen-bond donors (Lipinski definition) is 2. The highest BCUT2D eigenvalue weighted by Gasteiger charge is 2.22. The Bertz CT molecular complexity index is 689. The Morgan fingerprint density at radius 2 is 1.95 bits per heavy atom. The van der Waals surface area contributed by atoms with Crippen molar-refractivity contribution in [3.05, 3.63) is 41.1 Å².